The van der Waals surface area contributed by atoms with Crippen molar-refractivity contribution in [1.29, 1.82) is 0 Å². The van der Waals surface area contributed by atoms with E-state index in [-0.39, 0.29) is 11.8 Å². The number of hydrogen-bond donors (Lipinski definition) is 0. The standard InChI is InChI=1S/C15H18N2OS/c1-3-8-17-12-7-4-10(2)9-13(12)19-15(17)16-14(18)11-5-6-11/h4,7,9,11H,3,5-6,8H2,1-2H3. The van der Waals surface area contributed by atoms with E-state index in [1.165, 1.54) is 15.8 Å². The molecule has 2 aromatic rings. The van der Waals surface area contributed by atoms with Crippen LogP contribution in [-0.2, 0) is 11.3 Å². The number of carbonyl (C=O) groups excluding carboxylic acids is 1. The van der Waals surface area contributed by atoms with E-state index < -0.39 is 0 Å². The SMILES string of the molecule is CCCn1c(=NC(=O)C2CC2)sc2cc(C)ccc21. The van der Waals surface area contributed by atoms with Crippen molar-refractivity contribution in [3.05, 3.63) is 28.6 Å². The predicted molar refractivity (Wildman–Crippen MR) is 78.1 cm³/mol. The molecule has 0 saturated heterocycles. The van der Waals surface area contributed by atoms with Crippen LogP contribution in [0.3, 0.4) is 0 Å². The first kappa shape index (κ1) is 12.6. The minimum Gasteiger partial charge on any atom is -0.316 e. The van der Waals surface area contributed by atoms with Gasteiger partial charge in [0.25, 0.3) is 5.91 Å². The molecule has 1 aliphatic carbocycles. The predicted octanol–water partition coefficient (Wildman–Crippen LogP) is 3.26. The Balaban J connectivity index is 2.16. The Morgan fingerprint density at radius 1 is 1.47 bits per heavy atom. The maximum Gasteiger partial charge on any atom is 0.251 e. The Morgan fingerprint density at radius 2 is 2.26 bits per heavy atom. The zero-order valence-corrected chi connectivity index (χ0v) is 12.2. The molecule has 0 N–H and O–H groups in total. The molecule has 100 valence electrons. The summed E-state index contributed by atoms with van der Waals surface area (Å²) in [5.41, 5.74) is 2.44. The first-order valence-corrected chi connectivity index (χ1v) is 7.69. The molecule has 0 bridgehead atoms. The molecule has 0 unspecified atom stereocenters. The summed E-state index contributed by atoms with van der Waals surface area (Å²) < 4.78 is 3.40. The Morgan fingerprint density at radius 3 is 2.95 bits per heavy atom. The number of rotatable bonds is 3. The van der Waals surface area contributed by atoms with Gasteiger partial charge in [-0.15, -0.1) is 0 Å². The van der Waals surface area contributed by atoms with Crippen LogP contribution in [0, 0.1) is 12.8 Å². The topological polar surface area (TPSA) is 34.4 Å². The smallest absolute Gasteiger partial charge is 0.251 e. The maximum atomic E-state index is 11.9. The highest BCUT2D eigenvalue weighted by atomic mass is 32.1. The number of benzene rings is 1. The fourth-order valence-corrected chi connectivity index (χ4v) is 3.38. The number of amides is 1. The monoisotopic (exact) mass is 274 g/mol. The summed E-state index contributed by atoms with van der Waals surface area (Å²) in [5.74, 6) is 0.259. The number of aryl methyl sites for hydroxylation is 2. The highest BCUT2D eigenvalue weighted by molar-refractivity contribution is 7.16. The van der Waals surface area contributed by atoms with Gasteiger partial charge in [-0.1, -0.05) is 24.3 Å². The quantitative estimate of drug-likeness (QED) is 0.846. The molecule has 1 amide bonds. The van der Waals surface area contributed by atoms with E-state index in [2.05, 4.69) is 41.6 Å². The number of nitrogens with zero attached hydrogens (tertiary/aromatic N) is 2. The summed E-state index contributed by atoms with van der Waals surface area (Å²) in [7, 11) is 0. The van der Waals surface area contributed by atoms with Crippen LogP contribution in [0.2, 0.25) is 0 Å². The lowest BCUT2D eigenvalue weighted by molar-refractivity contribution is -0.119. The van der Waals surface area contributed by atoms with Crippen LogP contribution in [-0.4, -0.2) is 10.5 Å². The summed E-state index contributed by atoms with van der Waals surface area (Å²) in [5, 5.41) is 0. The summed E-state index contributed by atoms with van der Waals surface area (Å²) in [6, 6.07) is 6.43. The molecule has 1 aromatic carbocycles. The maximum absolute atomic E-state index is 11.9. The van der Waals surface area contributed by atoms with Crippen LogP contribution in [0.1, 0.15) is 31.7 Å². The van der Waals surface area contributed by atoms with E-state index in [9.17, 15) is 4.79 Å². The lowest BCUT2D eigenvalue weighted by Crippen LogP contribution is -2.17. The average Bonchev–Trinajstić information content (AvgIpc) is 3.16. The van der Waals surface area contributed by atoms with Crippen LogP contribution in [0.5, 0.6) is 0 Å². The summed E-state index contributed by atoms with van der Waals surface area (Å²) in [4.78, 5) is 17.1. The van der Waals surface area contributed by atoms with Crippen molar-refractivity contribution in [3.63, 3.8) is 0 Å². The van der Waals surface area contributed by atoms with Gasteiger partial charge in [-0.05, 0) is 43.9 Å². The van der Waals surface area contributed by atoms with E-state index in [4.69, 9.17) is 0 Å². The van der Waals surface area contributed by atoms with Gasteiger partial charge in [-0.3, -0.25) is 4.79 Å². The normalized spacial score (nSPS) is 16.2. The Kier molecular flexibility index (Phi) is 3.27. The van der Waals surface area contributed by atoms with Crippen molar-refractivity contribution < 1.29 is 4.79 Å². The minimum atomic E-state index is 0.0631. The largest absolute Gasteiger partial charge is 0.316 e. The van der Waals surface area contributed by atoms with Gasteiger partial charge in [0.05, 0.1) is 10.2 Å². The molecule has 0 aliphatic heterocycles. The minimum absolute atomic E-state index is 0.0631. The highest BCUT2D eigenvalue weighted by Gasteiger charge is 2.29. The molecule has 1 fully saturated rings. The van der Waals surface area contributed by atoms with E-state index >= 15 is 0 Å². The molecule has 0 spiro atoms. The molecule has 0 radical (unpaired) electrons. The molecule has 1 aromatic heterocycles. The van der Waals surface area contributed by atoms with Gasteiger partial charge >= 0.3 is 0 Å². The first-order valence-electron chi connectivity index (χ1n) is 6.87. The average molecular weight is 274 g/mol. The van der Waals surface area contributed by atoms with Crippen LogP contribution in [0.4, 0.5) is 0 Å². The Labute approximate surface area is 116 Å². The molecule has 3 rings (SSSR count). The summed E-state index contributed by atoms with van der Waals surface area (Å²) >= 11 is 1.63. The van der Waals surface area contributed by atoms with Crippen LogP contribution in [0.15, 0.2) is 23.2 Å². The molecule has 1 aliphatic rings. The van der Waals surface area contributed by atoms with E-state index in [0.717, 1.165) is 30.6 Å². The molecule has 0 atom stereocenters. The van der Waals surface area contributed by atoms with Crippen molar-refractivity contribution in [2.75, 3.05) is 0 Å². The van der Waals surface area contributed by atoms with Gasteiger partial charge in [0.2, 0.25) is 0 Å². The van der Waals surface area contributed by atoms with Crippen molar-refractivity contribution in [3.8, 4) is 0 Å². The lowest BCUT2D eigenvalue weighted by atomic mass is 10.2. The number of aromatic nitrogens is 1. The fourth-order valence-electron chi connectivity index (χ4n) is 2.22. The second kappa shape index (κ2) is 4.93. The van der Waals surface area contributed by atoms with Crippen molar-refractivity contribution in [2.24, 2.45) is 10.9 Å². The summed E-state index contributed by atoms with van der Waals surface area (Å²) in [6.07, 6.45) is 3.07. The molecule has 19 heavy (non-hydrogen) atoms. The van der Waals surface area contributed by atoms with Gasteiger partial charge in [-0.2, -0.15) is 4.99 Å². The van der Waals surface area contributed by atoms with E-state index in [1.54, 1.807) is 11.3 Å². The van der Waals surface area contributed by atoms with Crippen molar-refractivity contribution in [2.45, 2.75) is 39.7 Å². The zero-order valence-electron chi connectivity index (χ0n) is 11.3. The van der Waals surface area contributed by atoms with Gasteiger partial charge in [0, 0.05) is 12.5 Å². The third-order valence-electron chi connectivity index (χ3n) is 3.42. The van der Waals surface area contributed by atoms with Gasteiger partial charge in [0.15, 0.2) is 4.80 Å². The molecular formula is C15H18N2OS. The van der Waals surface area contributed by atoms with Crippen LogP contribution < -0.4 is 4.80 Å². The molecule has 1 heterocycles. The number of thiazole rings is 1. The number of fused-ring (bicyclic) bond motifs is 1. The second-order valence-corrected chi connectivity index (χ2v) is 6.24. The van der Waals surface area contributed by atoms with Gasteiger partial charge < -0.3 is 4.57 Å². The van der Waals surface area contributed by atoms with Crippen LogP contribution in [0.25, 0.3) is 10.2 Å². The zero-order chi connectivity index (χ0) is 13.4. The third-order valence-corrected chi connectivity index (χ3v) is 4.46. The molecule has 1 saturated carbocycles. The molecule has 3 nitrogen and oxygen atoms in total. The van der Waals surface area contributed by atoms with Crippen LogP contribution >= 0.6 is 11.3 Å². The highest BCUT2D eigenvalue weighted by Crippen LogP contribution is 2.30. The lowest BCUT2D eigenvalue weighted by Gasteiger charge is -2.02. The van der Waals surface area contributed by atoms with Gasteiger partial charge in [0.1, 0.15) is 0 Å². The third kappa shape index (κ3) is 2.50. The second-order valence-electron chi connectivity index (χ2n) is 5.23. The molecular weight excluding hydrogens is 256 g/mol. The number of carbonyl (C=O) groups is 1. The fraction of sp³-hybridized carbons (Fsp3) is 0.467. The van der Waals surface area contributed by atoms with E-state index in [1.807, 2.05) is 0 Å². The Bertz CT molecular complexity index is 692. The van der Waals surface area contributed by atoms with E-state index in [0.29, 0.717) is 0 Å². The van der Waals surface area contributed by atoms with Crippen molar-refractivity contribution >= 4 is 27.5 Å². The van der Waals surface area contributed by atoms with Crippen molar-refractivity contribution in [1.82, 2.24) is 4.57 Å². The Hall–Kier alpha value is -1.42. The first-order chi connectivity index (χ1) is 9.19. The van der Waals surface area contributed by atoms with Gasteiger partial charge in [-0.25, -0.2) is 0 Å². The number of hydrogen-bond acceptors (Lipinski definition) is 2. The molecule has 4 heteroatoms. The summed E-state index contributed by atoms with van der Waals surface area (Å²) in [6.45, 7) is 5.16.